The van der Waals surface area contributed by atoms with E-state index in [4.69, 9.17) is 5.73 Å². The maximum absolute atomic E-state index is 14.0. The molecule has 0 aliphatic carbocycles. The second kappa shape index (κ2) is 6.46. The van der Waals surface area contributed by atoms with Gasteiger partial charge in [-0.15, -0.1) is 0 Å². The van der Waals surface area contributed by atoms with E-state index in [1.54, 1.807) is 0 Å². The van der Waals surface area contributed by atoms with Crippen molar-refractivity contribution in [1.82, 2.24) is 4.31 Å². The van der Waals surface area contributed by atoms with E-state index in [0.29, 0.717) is 13.0 Å². The molecule has 0 amide bonds. The number of hydrogen-bond acceptors (Lipinski definition) is 5. The molecule has 1 heterocycles. The van der Waals surface area contributed by atoms with Crippen LogP contribution in [0.3, 0.4) is 0 Å². The van der Waals surface area contributed by atoms with Crippen molar-refractivity contribution in [3.05, 3.63) is 24.0 Å². The van der Waals surface area contributed by atoms with Crippen LogP contribution in [0.25, 0.3) is 0 Å². The molecule has 0 saturated carbocycles. The van der Waals surface area contributed by atoms with Crippen molar-refractivity contribution in [1.29, 1.82) is 0 Å². The Bertz CT molecular complexity index is 791. The van der Waals surface area contributed by atoms with E-state index < -0.39 is 30.6 Å². The highest BCUT2D eigenvalue weighted by Crippen LogP contribution is 2.26. The highest BCUT2D eigenvalue weighted by Gasteiger charge is 2.32. The Morgan fingerprint density at radius 2 is 1.96 bits per heavy atom. The molecule has 1 saturated heterocycles. The fourth-order valence-electron chi connectivity index (χ4n) is 2.71. The minimum Gasteiger partial charge on any atom is -0.328 e. The fourth-order valence-corrected chi connectivity index (χ4v) is 4.99. The molecular formula is C14H21FN2O4S2. The van der Waals surface area contributed by atoms with Gasteiger partial charge < -0.3 is 5.73 Å². The first-order chi connectivity index (χ1) is 10.5. The van der Waals surface area contributed by atoms with Crippen LogP contribution in [0, 0.1) is 11.7 Å². The number of hydrogen-bond donors (Lipinski definition) is 1. The SMILES string of the molecule is C[C@@H](N)[C@H]1CCCN(S(=O)(=O)c2ccc(S(C)(=O)=O)c(F)c2)C1. The molecular weight excluding hydrogens is 343 g/mol. The van der Waals surface area contributed by atoms with Crippen molar-refractivity contribution < 1.29 is 21.2 Å². The summed E-state index contributed by atoms with van der Waals surface area (Å²) >= 11 is 0. The standard InChI is InChI=1S/C14H21FN2O4S2/c1-10(16)11-4-3-7-17(9-11)23(20,21)12-5-6-14(13(15)8-12)22(2,18)19/h5-6,8,10-11H,3-4,7,9,16H2,1-2H3/t10-,11+/m1/s1. The predicted molar refractivity (Wildman–Crippen MR) is 84.6 cm³/mol. The van der Waals surface area contributed by atoms with E-state index >= 15 is 0 Å². The van der Waals surface area contributed by atoms with Gasteiger partial charge in [-0.2, -0.15) is 4.31 Å². The van der Waals surface area contributed by atoms with Gasteiger partial charge in [0.25, 0.3) is 0 Å². The van der Waals surface area contributed by atoms with Gasteiger partial charge in [-0.3, -0.25) is 0 Å². The normalized spacial score (nSPS) is 22.0. The summed E-state index contributed by atoms with van der Waals surface area (Å²) in [6.07, 6.45) is 2.41. The number of halogens is 1. The van der Waals surface area contributed by atoms with Gasteiger partial charge in [0.15, 0.2) is 9.84 Å². The highest BCUT2D eigenvalue weighted by molar-refractivity contribution is 7.90. The zero-order valence-corrected chi connectivity index (χ0v) is 14.7. The lowest BCUT2D eigenvalue weighted by molar-refractivity contribution is 0.243. The predicted octanol–water partition coefficient (Wildman–Crippen LogP) is 0.977. The molecule has 130 valence electrons. The van der Waals surface area contributed by atoms with Crippen LogP contribution in [0.1, 0.15) is 19.8 Å². The Kier molecular flexibility index (Phi) is 5.15. The van der Waals surface area contributed by atoms with Crippen LogP contribution in [-0.2, 0) is 19.9 Å². The van der Waals surface area contributed by atoms with Crippen molar-refractivity contribution in [3.63, 3.8) is 0 Å². The molecule has 9 heteroatoms. The quantitative estimate of drug-likeness (QED) is 0.859. The molecule has 0 bridgehead atoms. The summed E-state index contributed by atoms with van der Waals surface area (Å²) in [5.41, 5.74) is 5.85. The largest absolute Gasteiger partial charge is 0.328 e. The lowest BCUT2D eigenvalue weighted by atomic mass is 9.93. The first-order valence-electron chi connectivity index (χ1n) is 7.29. The van der Waals surface area contributed by atoms with Crippen LogP contribution < -0.4 is 5.73 Å². The molecule has 1 fully saturated rings. The topological polar surface area (TPSA) is 97.5 Å². The molecule has 2 N–H and O–H groups in total. The third-order valence-electron chi connectivity index (χ3n) is 4.10. The Balaban J connectivity index is 2.35. The van der Waals surface area contributed by atoms with E-state index in [1.165, 1.54) is 4.31 Å². The van der Waals surface area contributed by atoms with Gasteiger partial charge in [0, 0.05) is 25.4 Å². The van der Waals surface area contributed by atoms with E-state index in [1.807, 2.05) is 6.92 Å². The maximum Gasteiger partial charge on any atom is 0.243 e. The third kappa shape index (κ3) is 3.90. The van der Waals surface area contributed by atoms with E-state index in [0.717, 1.165) is 30.9 Å². The van der Waals surface area contributed by atoms with Gasteiger partial charge in [-0.05, 0) is 43.9 Å². The average molecular weight is 364 g/mol. The Hall–Kier alpha value is -1.03. The smallest absolute Gasteiger partial charge is 0.243 e. The molecule has 1 aliphatic heterocycles. The van der Waals surface area contributed by atoms with Crippen molar-refractivity contribution in [2.24, 2.45) is 11.7 Å². The summed E-state index contributed by atoms with van der Waals surface area (Å²) in [7, 11) is -7.61. The summed E-state index contributed by atoms with van der Waals surface area (Å²) in [6, 6.07) is 2.76. The van der Waals surface area contributed by atoms with Crippen molar-refractivity contribution in [2.45, 2.75) is 35.6 Å². The van der Waals surface area contributed by atoms with Crippen LogP contribution in [-0.4, -0.2) is 46.5 Å². The van der Waals surface area contributed by atoms with Crippen LogP contribution in [0.15, 0.2) is 28.0 Å². The lowest BCUT2D eigenvalue weighted by Gasteiger charge is -2.33. The summed E-state index contributed by atoms with van der Waals surface area (Å²) in [5.74, 6) is -1.01. The second-order valence-corrected chi connectivity index (χ2v) is 9.91. The molecule has 23 heavy (non-hydrogen) atoms. The van der Waals surface area contributed by atoms with Gasteiger partial charge >= 0.3 is 0 Å². The summed E-state index contributed by atoms with van der Waals surface area (Å²) in [5, 5.41) is 0. The third-order valence-corrected chi connectivity index (χ3v) is 7.10. The van der Waals surface area contributed by atoms with Crippen molar-refractivity contribution in [3.8, 4) is 0 Å². The molecule has 0 radical (unpaired) electrons. The second-order valence-electron chi connectivity index (χ2n) is 5.99. The van der Waals surface area contributed by atoms with Gasteiger partial charge in [0.1, 0.15) is 10.7 Å². The van der Waals surface area contributed by atoms with Gasteiger partial charge in [-0.25, -0.2) is 21.2 Å². The van der Waals surface area contributed by atoms with Gasteiger partial charge in [0.2, 0.25) is 10.0 Å². The summed E-state index contributed by atoms with van der Waals surface area (Å²) < 4.78 is 63.4. The zero-order chi connectivity index (χ0) is 17.4. The molecule has 2 atom stereocenters. The summed E-state index contributed by atoms with van der Waals surface area (Å²) in [6.45, 7) is 2.47. The van der Waals surface area contributed by atoms with E-state index in [9.17, 15) is 21.2 Å². The molecule has 1 aliphatic rings. The maximum atomic E-state index is 14.0. The number of sulfone groups is 1. The molecule has 6 nitrogen and oxygen atoms in total. The highest BCUT2D eigenvalue weighted by atomic mass is 32.2. The average Bonchev–Trinajstić information content (AvgIpc) is 2.45. The molecule has 0 spiro atoms. The monoisotopic (exact) mass is 364 g/mol. The summed E-state index contributed by atoms with van der Waals surface area (Å²) in [4.78, 5) is -0.753. The number of benzene rings is 1. The molecule has 1 aromatic rings. The Labute approximate surface area is 136 Å². The first kappa shape index (κ1) is 18.3. The number of nitrogens with two attached hydrogens (primary N) is 1. The molecule has 1 aromatic carbocycles. The lowest BCUT2D eigenvalue weighted by Crippen LogP contribution is -2.44. The van der Waals surface area contributed by atoms with Crippen LogP contribution >= 0.6 is 0 Å². The van der Waals surface area contributed by atoms with Crippen molar-refractivity contribution in [2.75, 3.05) is 19.3 Å². The number of piperidine rings is 1. The van der Waals surface area contributed by atoms with Gasteiger partial charge in [0.05, 0.1) is 4.90 Å². The fraction of sp³-hybridized carbons (Fsp3) is 0.571. The molecule has 2 rings (SSSR count). The molecule has 0 unspecified atom stereocenters. The van der Waals surface area contributed by atoms with Crippen LogP contribution in [0.5, 0.6) is 0 Å². The zero-order valence-electron chi connectivity index (χ0n) is 13.1. The number of nitrogens with zero attached hydrogens (tertiary/aromatic N) is 1. The van der Waals surface area contributed by atoms with Crippen molar-refractivity contribution >= 4 is 19.9 Å². The van der Waals surface area contributed by atoms with Crippen LogP contribution in [0.4, 0.5) is 4.39 Å². The minimum atomic E-state index is -3.87. The molecule has 0 aromatic heterocycles. The Morgan fingerprint density at radius 1 is 1.30 bits per heavy atom. The van der Waals surface area contributed by atoms with Gasteiger partial charge in [-0.1, -0.05) is 0 Å². The van der Waals surface area contributed by atoms with E-state index in [2.05, 4.69) is 0 Å². The van der Waals surface area contributed by atoms with E-state index in [-0.39, 0.29) is 23.4 Å². The van der Waals surface area contributed by atoms with Crippen LogP contribution in [0.2, 0.25) is 0 Å². The number of sulfonamides is 1. The Morgan fingerprint density at radius 3 is 2.48 bits per heavy atom. The number of rotatable bonds is 4. The first-order valence-corrected chi connectivity index (χ1v) is 10.6. The minimum absolute atomic E-state index is 0.0543.